The normalized spacial score (nSPS) is 10.8. The Balaban J connectivity index is 1.54. The zero-order chi connectivity index (χ0) is 17.1. The first kappa shape index (κ1) is 16.3. The molecule has 24 heavy (non-hydrogen) atoms. The minimum Gasteiger partial charge on any atom is -0.484 e. The average molecular weight is 348 g/mol. The van der Waals surface area contributed by atoms with Crippen LogP contribution in [-0.4, -0.2) is 22.5 Å². The van der Waals surface area contributed by atoms with Crippen LogP contribution in [0.25, 0.3) is 11.0 Å². The van der Waals surface area contributed by atoms with Crippen LogP contribution in [0, 0.1) is 12.7 Å². The fourth-order valence-electron chi connectivity index (χ4n) is 2.27. The van der Waals surface area contributed by atoms with Crippen LogP contribution >= 0.6 is 11.6 Å². The Hall–Kier alpha value is -2.60. The molecule has 124 valence electrons. The number of rotatable bonds is 5. The molecule has 3 rings (SSSR count). The maximum absolute atomic E-state index is 13.1. The van der Waals surface area contributed by atoms with E-state index < -0.39 is 0 Å². The monoisotopic (exact) mass is 347 g/mol. The summed E-state index contributed by atoms with van der Waals surface area (Å²) in [5.74, 6) is 0.532. The van der Waals surface area contributed by atoms with Gasteiger partial charge in [-0.3, -0.25) is 4.79 Å². The maximum atomic E-state index is 13.1. The summed E-state index contributed by atoms with van der Waals surface area (Å²) in [7, 11) is 0. The Morgan fingerprint density at radius 2 is 2.17 bits per heavy atom. The van der Waals surface area contributed by atoms with Crippen molar-refractivity contribution in [3.8, 4) is 5.75 Å². The number of aryl methyl sites for hydroxylation is 1. The lowest BCUT2D eigenvalue weighted by molar-refractivity contribution is -0.123. The SMILES string of the molecule is Cc1cc(Cl)ccc1OCC(=O)NCc1nc2ccc(F)cc2[nH]1. The van der Waals surface area contributed by atoms with Gasteiger partial charge in [0.15, 0.2) is 6.61 Å². The van der Waals surface area contributed by atoms with Crippen LogP contribution in [0.2, 0.25) is 5.02 Å². The molecule has 0 radical (unpaired) electrons. The van der Waals surface area contributed by atoms with Crippen molar-refractivity contribution in [2.75, 3.05) is 6.61 Å². The third-order valence-corrected chi connectivity index (χ3v) is 3.68. The number of benzene rings is 2. The van der Waals surface area contributed by atoms with Crippen LogP contribution in [0.3, 0.4) is 0 Å². The van der Waals surface area contributed by atoms with Gasteiger partial charge >= 0.3 is 0 Å². The number of hydrogen-bond donors (Lipinski definition) is 2. The van der Waals surface area contributed by atoms with E-state index in [0.717, 1.165) is 5.56 Å². The van der Waals surface area contributed by atoms with Crippen molar-refractivity contribution in [2.24, 2.45) is 0 Å². The second kappa shape index (κ2) is 6.88. The van der Waals surface area contributed by atoms with E-state index in [9.17, 15) is 9.18 Å². The maximum Gasteiger partial charge on any atom is 0.258 e. The number of carbonyl (C=O) groups is 1. The van der Waals surface area contributed by atoms with E-state index in [1.54, 1.807) is 24.3 Å². The van der Waals surface area contributed by atoms with Crippen LogP contribution in [0.5, 0.6) is 5.75 Å². The summed E-state index contributed by atoms with van der Waals surface area (Å²) >= 11 is 5.87. The van der Waals surface area contributed by atoms with Gasteiger partial charge in [-0.2, -0.15) is 0 Å². The van der Waals surface area contributed by atoms with Gasteiger partial charge in [0.05, 0.1) is 17.6 Å². The molecule has 1 aromatic heterocycles. The van der Waals surface area contributed by atoms with Crippen molar-refractivity contribution >= 4 is 28.5 Å². The summed E-state index contributed by atoms with van der Waals surface area (Å²) < 4.78 is 18.6. The first-order valence-electron chi connectivity index (χ1n) is 7.31. The summed E-state index contributed by atoms with van der Waals surface area (Å²) in [5.41, 5.74) is 2.09. The third-order valence-electron chi connectivity index (χ3n) is 3.44. The summed E-state index contributed by atoms with van der Waals surface area (Å²) in [5, 5.41) is 3.31. The average Bonchev–Trinajstić information content (AvgIpc) is 2.94. The predicted molar refractivity (Wildman–Crippen MR) is 89.6 cm³/mol. The molecule has 0 fully saturated rings. The molecule has 0 aliphatic heterocycles. The Morgan fingerprint density at radius 3 is 2.96 bits per heavy atom. The third kappa shape index (κ3) is 3.83. The smallest absolute Gasteiger partial charge is 0.258 e. The number of halogens is 2. The lowest BCUT2D eigenvalue weighted by Gasteiger charge is -2.09. The quantitative estimate of drug-likeness (QED) is 0.743. The number of ether oxygens (including phenoxy) is 1. The first-order chi connectivity index (χ1) is 11.5. The van der Waals surface area contributed by atoms with Gasteiger partial charge in [-0.15, -0.1) is 0 Å². The van der Waals surface area contributed by atoms with Gasteiger partial charge in [-0.25, -0.2) is 9.37 Å². The van der Waals surface area contributed by atoms with E-state index >= 15 is 0 Å². The highest BCUT2D eigenvalue weighted by Crippen LogP contribution is 2.21. The van der Waals surface area contributed by atoms with Crippen molar-refractivity contribution in [3.63, 3.8) is 0 Å². The molecule has 5 nitrogen and oxygen atoms in total. The number of aromatic nitrogens is 2. The van der Waals surface area contributed by atoms with Crippen molar-refractivity contribution in [3.05, 3.63) is 58.6 Å². The summed E-state index contributed by atoms with van der Waals surface area (Å²) in [6, 6.07) is 9.48. The molecule has 0 unspecified atom stereocenters. The van der Waals surface area contributed by atoms with Crippen molar-refractivity contribution < 1.29 is 13.9 Å². The van der Waals surface area contributed by atoms with E-state index in [2.05, 4.69) is 15.3 Å². The minimum atomic E-state index is -0.339. The predicted octanol–water partition coefficient (Wildman–Crippen LogP) is 3.36. The zero-order valence-electron chi connectivity index (χ0n) is 12.9. The van der Waals surface area contributed by atoms with E-state index in [0.29, 0.717) is 27.6 Å². The molecular weight excluding hydrogens is 333 g/mol. The molecule has 0 aliphatic rings. The van der Waals surface area contributed by atoms with Gasteiger partial charge in [-0.05, 0) is 48.9 Å². The standard InChI is InChI=1S/C17H15ClFN3O2/c1-10-6-11(18)2-5-15(10)24-9-17(23)20-8-16-21-13-4-3-12(19)7-14(13)22-16/h2-7H,8-9H2,1H3,(H,20,23)(H,21,22). The molecule has 1 amide bonds. The van der Waals surface area contributed by atoms with E-state index in [-0.39, 0.29) is 24.9 Å². The lowest BCUT2D eigenvalue weighted by atomic mass is 10.2. The summed E-state index contributed by atoms with van der Waals surface area (Å²) in [4.78, 5) is 19.1. The van der Waals surface area contributed by atoms with Crippen LogP contribution < -0.4 is 10.1 Å². The Kier molecular flexibility index (Phi) is 4.66. The molecule has 0 aliphatic carbocycles. The van der Waals surface area contributed by atoms with Gasteiger partial charge in [0.25, 0.3) is 5.91 Å². The summed E-state index contributed by atoms with van der Waals surface area (Å²) in [6.45, 7) is 1.95. The van der Waals surface area contributed by atoms with E-state index in [1.807, 2.05) is 6.92 Å². The molecule has 7 heteroatoms. The van der Waals surface area contributed by atoms with Gasteiger partial charge < -0.3 is 15.0 Å². The number of hydrogen-bond acceptors (Lipinski definition) is 3. The number of amides is 1. The number of nitrogens with one attached hydrogen (secondary N) is 2. The van der Waals surface area contributed by atoms with Gasteiger partial charge in [-0.1, -0.05) is 11.6 Å². The molecule has 0 atom stereocenters. The fraction of sp³-hybridized carbons (Fsp3) is 0.176. The van der Waals surface area contributed by atoms with Crippen molar-refractivity contribution in [2.45, 2.75) is 13.5 Å². The Morgan fingerprint density at radius 1 is 1.33 bits per heavy atom. The second-order valence-corrected chi connectivity index (χ2v) is 5.76. The fourth-order valence-corrected chi connectivity index (χ4v) is 2.50. The number of carbonyl (C=O) groups excluding carboxylic acids is 1. The minimum absolute atomic E-state index is 0.114. The van der Waals surface area contributed by atoms with Gasteiger partial charge in [0.1, 0.15) is 17.4 Å². The van der Waals surface area contributed by atoms with Crippen LogP contribution in [-0.2, 0) is 11.3 Å². The zero-order valence-corrected chi connectivity index (χ0v) is 13.7. The Bertz CT molecular complexity index is 895. The number of fused-ring (bicyclic) bond motifs is 1. The largest absolute Gasteiger partial charge is 0.484 e. The van der Waals surface area contributed by atoms with Crippen molar-refractivity contribution in [1.29, 1.82) is 0 Å². The molecule has 0 spiro atoms. The van der Waals surface area contributed by atoms with Crippen molar-refractivity contribution in [1.82, 2.24) is 15.3 Å². The van der Waals surface area contributed by atoms with Gasteiger partial charge in [0.2, 0.25) is 0 Å². The number of imidazole rings is 1. The van der Waals surface area contributed by atoms with E-state index in [4.69, 9.17) is 16.3 Å². The van der Waals surface area contributed by atoms with Gasteiger partial charge in [0, 0.05) is 5.02 Å². The van der Waals surface area contributed by atoms with E-state index in [1.165, 1.54) is 12.1 Å². The molecule has 2 aromatic carbocycles. The summed E-state index contributed by atoms with van der Waals surface area (Å²) in [6.07, 6.45) is 0. The number of aromatic amines is 1. The molecular formula is C17H15ClFN3O2. The topological polar surface area (TPSA) is 67.0 Å². The highest BCUT2D eigenvalue weighted by Gasteiger charge is 2.08. The molecule has 1 heterocycles. The molecule has 0 bridgehead atoms. The molecule has 3 aromatic rings. The Labute approximate surface area is 142 Å². The lowest BCUT2D eigenvalue weighted by Crippen LogP contribution is -2.28. The first-order valence-corrected chi connectivity index (χ1v) is 7.69. The highest BCUT2D eigenvalue weighted by molar-refractivity contribution is 6.30. The van der Waals surface area contributed by atoms with Crippen LogP contribution in [0.4, 0.5) is 4.39 Å². The number of H-pyrrole nitrogens is 1. The molecule has 0 saturated heterocycles. The van der Waals surface area contributed by atoms with Crippen LogP contribution in [0.15, 0.2) is 36.4 Å². The van der Waals surface area contributed by atoms with Crippen LogP contribution in [0.1, 0.15) is 11.4 Å². The number of nitrogens with zero attached hydrogens (tertiary/aromatic N) is 1. The highest BCUT2D eigenvalue weighted by atomic mass is 35.5. The molecule has 0 saturated carbocycles. The molecule has 2 N–H and O–H groups in total. The second-order valence-electron chi connectivity index (χ2n) is 5.32.